The van der Waals surface area contributed by atoms with Crippen LogP contribution >= 0.6 is 11.6 Å². The van der Waals surface area contributed by atoms with Gasteiger partial charge in [0.05, 0.1) is 12.2 Å². The van der Waals surface area contributed by atoms with Crippen LogP contribution in [0.5, 0.6) is 0 Å². The highest BCUT2D eigenvalue weighted by Gasteiger charge is 2.12. The Morgan fingerprint density at radius 3 is 2.64 bits per heavy atom. The van der Waals surface area contributed by atoms with Crippen molar-refractivity contribution < 1.29 is 15.0 Å². The summed E-state index contributed by atoms with van der Waals surface area (Å²) in [7, 11) is 0. The number of rotatable bonds is 5. The zero-order valence-corrected chi connectivity index (χ0v) is 15.3. The molecule has 4 aromatic rings. The molecule has 3 N–H and O–H groups in total. The quantitative estimate of drug-likeness (QED) is 0.473. The highest BCUT2D eigenvalue weighted by atomic mass is 35.5. The molecule has 0 saturated heterocycles. The van der Waals surface area contributed by atoms with E-state index < -0.39 is 5.97 Å². The van der Waals surface area contributed by atoms with Crippen LogP contribution in [0.2, 0.25) is 5.02 Å². The lowest BCUT2D eigenvalue weighted by Gasteiger charge is -2.06. The molecule has 8 heteroatoms. The van der Waals surface area contributed by atoms with Crippen LogP contribution in [-0.2, 0) is 6.61 Å². The number of nitrogens with one attached hydrogen (secondary N) is 1. The fraction of sp³-hybridized carbons (Fsp3) is 0.0500. The van der Waals surface area contributed by atoms with Crippen LogP contribution in [0.15, 0.2) is 60.8 Å². The number of aromatic nitrogens is 3. The molecule has 0 spiro atoms. The second-order valence-electron chi connectivity index (χ2n) is 6.14. The van der Waals surface area contributed by atoms with E-state index in [1.165, 1.54) is 12.1 Å². The van der Waals surface area contributed by atoms with Crippen LogP contribution in [0, 0.1) is 0 Å². The third-order valence-electron chi connectivity index (χ3n) is 4.20. The third-order valence-corrected chi connectivity index (χ3v) is 4.42. The maximum Gasteiger partial charge on any atom is 0.335 e. The number of carboxylic acids is 1. The lowest BCUT2D eigenvalue weighted by molar-refractivity contribution is 0.0697. The molecule has 4 rings (SSSR count). The number of hydrogen-bond acceptors (Lipinski definition) is 5. The normalized spacial score (nSPS) is 10.9. The monoisotopic (exact) mass is 394 g/mol. The number of carbonyl (C=O) groups is 1. The van der Waals surface area contributed by atoms with Crippen molar-refractivity contribution in [3.05, 3.63) is 76.9 Å². The van der Waals surface area contributed by atoms with E-state index in [1.54, 1.807) is 28.9 Å². The Morgan fingerprint density at radius 1 is 1.14 bits per heavy atom. The lowest BCUT2D eigenvalue weighted by atomic mass is 10.0. The van der Waals surface area contributed by atoms with Crippen LogP contribution in [0.1, 0.15) is 15.9 Å². The minimum atomic E-state index is -0.981. The molecule has 0 fully saturated rings. The van der Waals surface area contributed by atoms with Crippen molar-refractivity contribution in [2.24, 2.45) is 0 Å². The number of nitrogens with zero attached hydrogens (tertiary/aromatic N) is 3. The van der Waals surface area contributed by atoms with Gasteiger partial charge in [0.15, 0.2) is 5.65 Å². The van der Waals surface area contributed by atoms with Crippen molar-refractivity contribution in [2.75, 3.05) is 5.32 Å². The van der Waals surface area contributed by atoms with Crippen LogP contribution < -0.4 is 5.32 Å². The number of anilines is 2. The molecule has 0 amide bonds. The van der Waals surface area contributed by atoms with Gasteiger partial charge in [-0.2, -0.15) is 4.98 Å². The van der Waals surface area contributed by atoms with Crippen molar-refractivity contribution >= 4 is 34.9 Å². The first kappa shape index (κ1) is 18.0. The van der Waals surface area contributed by atoms with Crippen molar-refractivity contribution in [1.29, 1.82) is 0 Å². The Labute approximate surface area is 164 Å². The molecule has 2 aromatic carbocycles. The number of pyridine rings is 1. The zero-order valence-electron chi connectivity index (χ0n) is 14.5. The summed E-state index contributed by atoms with van der Waals surface area (Å²) in [5.74, 6) is -0.606. The topological polar surface area (TPSA) is 99.8 Å². The molecule has 28 heavy (non-hydrogen) atoms. The number of aromatic carboxylic acids is 1. The summed E-state index contributed by atoms with van der Waals surface area (Å²) in [5, 5.41) is 26.4. The van der Waals surface area contributed by atoms with Gasteiger partial charge in [-0.05, 0) is 65.7 Å². The van der Waals surface area contributed by atoms with Crippen LogP contribution in [0.3, 0.4) is 0 Å². The average Bonchev–Trinajstić information content (AvgIpc) is 3.10. The Bertz CT molecular complexity index is 1170. The molecule has 7 nitrogen and oxygen atoms in total. The van der Waals surface area contributed by atoms with E-state index in [2.05, 4.69) is 15.4 Å². The summed E-state index contributed by atoms with van der Waals surface area (Å²) in [6.45, 7) is -0.109. The molecule has 0 radical (unpaired) electrons. The standard InChI is InChI=1S/C20H15ClN4O3/c21-15-9-12(11-26)8-14(10-15)17-2-1-7-25-18(17)23-20(24-25)22-16-5-3-13(4-6-16)19(27)28/h1-10,26H,11H2,(H,22,24)(H,27,28). The van der Waals surface area contributed by atoms with Crippen molar-refractivity contribution in [3.8, 4) is 11.1 Å². The summed E-state index contributed by atoms with van der Waals surface area (Å²) < 4.78 is 1.64. The van der Waals surface area contributed by atoms with Crippen LogP contribution in [0.4, 0.5) is 11.6 Å². The first-order chi connectivity index (χ1) is 13.5. The van der Waals surface area contributed by atoms with Gasteiger partial charge in [-0.15, -0.1) is 5.10 Å². The smallest absolute Gasteiger partial charge is 0.335 e. The molecule has 2 aromatic heterocycles. The van der Waals surface area contributed by atoms with Gasteiger partial charge in [0.1, 0.15) is 0 Å². The Hall–Kier alpha value is -3.42. The van der Waals surface area contributed by atoms with Crippen LogP contribution in [0.25, 0.3) is 16.8 Å². The Morgan fingerprint density at radius 2 is 1.93 bits per heavy atom. The average molecular weight is 395 g/mol. The van der Waals surface area contributed by atoms with Gasteiger partial charge in [0, 0.05) is 22.5 Å². The molecule has 0 bridgehead atoms. The fourth-order valence-electron chi connectivity index (χ4n) is 2.91. The van der Waals surface area contributed by atoms with Crippen molar-refractivity contribution in [3.63, 3.8) is 0 Å². The number of carboxylic acid groups (broad SMARTS) is 1. The van der Waals surface area contributed by atoms with E-state index in [9.17, 15) is 9.90 Å². The Kier molecular flexibility index (Phi) is 4.68. The van der Waals surface area contributed by atoms with Gasteiger partial charge in [0.2, 0.25) is 5.95 Å². The van der Waals surface area contributed by atoms with Crippen molar-refractivity contribution in [1.82, 2.24) is 14.6 Å². The van der Waals surface area contributed by atoms with Gasteiger partial charge in [-0.3, -0.25) is 0 Å². The van der Waals surface area contributed by atoms with Gasteiger partial charge in [-0.25, -0.2) is 9.31 Å². The Balaban J connectivity index is 1.71. The summed E-state index contributed by atoms with van der Waals surface area (Å²) in [6, 6.07) is 15.5. The van der Waals surface area contributed by atoms with Gasteiger partial charge >= 0.3 is 5.97 Å². The second-order valence-corrected chi connectivity index (χ2v) is 6.58. The summed E-state index contributed by atoms with van der Waals surface area (Å²) in [5.41, 5.74) is 3.86. The van der Waals surface area contributed by atoms with Gasteiger partial charge in [-0.1, -0.05) is 11.6 Å². The molecule has 0 aliphatic carbocycles. The van der Waals surface area contributed by atoms with E-state index >= 15 is 0 Å². The lowest BCUT2D eigenvalue weighted by Crippen LogP contribution is -1.97. The molecular weight excluding hydrogens is 380 g/mol. The maximum absolute atomic E-state index is 11.0. The largest absolute Gasteiger partial charge is 0.478 e. The first-order valence-electron chi connectivity index (χ1n) is 8.40. The minimum absolute atomic E-state index is 0.109. The summed E-state index contributed by atoms with van der Waals surface area (Å²) >= 11 is 6.17. The number of aliphatic hydroxyl groups excluding tert-OH is 1. The van der Waals surface area contributed by atoms with Gasteiger partial charge < -0.3 is 15.5 Å². The minimum Gasteiger partial charge on any atom is -0.478 e. The predicted octanol–water partition coefficient (Wildman–Crippen LogP) is 3.98. The van der Waals surface area contributed by atoms with Gasteiger partial charge in [0.25, 0.3) is 0 Å². The highest BCUT2D eigenvalue weighted by molar-refractivity contribution is 6.31. The molecule has 0 atom stereocenters. The van der Waals surface area contributed by atoms with E-state index in [0.717, 1.165) is 11.1 Å². The maximum atomic E-state index is 11.0. The number of hydrogen-bond donors (Lipinski definition) is 3. The first-order valence-corrected chi connectivity index (χ1v) is 8.78. The molecular formula is C20H15ClN4O3. The molecule has 0 saturated carbocycles. The number of halogens is 1. The SMILES string of the molecule is O=C(O)c1ccc(Nc2nc3c(-c4cc(Cl)cc(CO)c4)cccn3n2)cc1. The van der Waals surface area contributed by atoms with Crippen LogP contribution in [-0.4, -0.2) is 30.8 Å². The number of aliphatic hydroxyl groups is 1. The van der Waals surface area contributed by atoms with E-state index in [0.29, 0.717) is 27.9 Å². The number of fused-ring (bicyclic) bond motifs is 1. The van der Waals surface area contributed by atoms with E-state index in [-0.39, 0.29) is 12.2 Å². The molecule has 0 unspecified atom stereocenters. The van der Waals surface area contributed by atoms with Crippen molar-refractivity contribution in [2.45, 2.75) is 6.61 Å². The highest BCUT2D eigenvalue weighted by Crippen LogP contribution is 2.28. The van der Waals surface area contributed by atoms with E-state index in [4.69, 9.17) is 16.7 Å². The summed E-state index contributed by atoms with van der Waals surface area (Å²) in [6.07, 6.45) is 1.78. The molecule has 0 aliphatic heterocycles. The molecule has 140 valence electrons. The number of benzene rings is 2. The molecule has 2 heterocycles. The summed E-state index contributed by atoms with van der Waals surface area (Å²) in [4.78, 5) is 15.5. The predicted molar refractivity (Wildman–Crippen MR) is 106 cm³/mol. The van der Waals surface area contributed by atoms with E-state index in [1.807, 2.05) is 24.3 Å². The molecule has 0 aliphatic rings. The fourth-order valence-corrected chi connectivity index (χ4v) is 3.16. The third kappa shape index (κ3) is 3.53. The second kappa shape index (κ2) is 7.30. The zero-order chi connectivity index (χ0) is 19.7.